The van der Waals surface area contributed by atoms with Crippen LogP contribution in [0.15, 0.2) is 48.5 Å². The first-order valence-electron chi connectivity index (χ1n) is 6.93. The minimum Gasteiger partial charge on any atom is -0.494 e. The number of nitrogen functional groups attached to an aromatic ring is 1. The Morgan fingerprint density at radius 1 is 1.14 bits per heavy atom. The van der Waals surface area contributed by atoms with Gasteiger partial charge in [0.15, 0.2) is 0 Å². The van der Waals surface area contributed by atoms with E-state index in [0.29, 0.717) is 24.4 Å². The molecule has 0 aliphatic carbocycles. The number of para-hydroxylation sites is 1. The molecule has 0 aromatic heterocycles. The van der Waals surface area contributed by atoms with Gasteiger partial charge in [-0.3, -0.25) is 4.79 Å². The molecule has 0 bridgehead atoms. The number of rotatable bonds is 5. The second kappa shape index (κ2) is 6.79. The smallest absolute Gasteiger partial charge is 0.255 e. The zero-order valence-electron chi connectivity index (χ0n) is 12.4. The van der Waals surface area contributed by atoms with Crippen LogP contribution in [0.25, 0.3) is 0 Å². The Labute approximate surface area is 125 Å². The van der Waals surface area contributed by atoms with E-state index in [1.807, 2.05) is 43.3 Å². The van der Waals surface area contributed by atoms with Gasteiger partial charge in [-0.05, 0) is 36.8 Å². The Balaban J connectivity index is 2.05. The molecule has 21 heavy (non-hydrogen) atoms. The molecule has 2 rings (SSSR count). The maximum absolute atomic E-state index is 12.4. The third kappa shape index (κ3) is 3.75. The second-order valence-electron chi connectivity index (χ2n) is 4.83. The number of hydrogen-bond acceptors (Lipinski definition) is 3. The van der Waals surface area contributed by atoms with Gasteiger partial charge in [-0.2, -0.15) is 0 Å². The highest BCUT2D eigenvalue weighted by Gasteiger charge is 2.14. The number of amides is 1. The molecule has 4 heteroatoms. The van der Waals surface area contributed by atoms with Crippen LogP contribution in [0.1, 0.15) is 22.8 Å². The largest absolute Gasteiger partial charge is 0.494 e. The number of carbonyl (C=O) groups is 1. The van der Waals surface area contributed by atoms with Crippen molar-refractivity contribution in [1.29, 1.82) is 0 Å². The minimum absolute atomic E-state index is 0.0815. The third-order valence-electron chi connectivity index (χ3n) is 3.19. The molecule has 0 spiro atoms. The molecule has 0 radical (unpaired) electrons. The van der Waals surface area contributed by atoms with Crippen LogP contribution in [0.4, 0.5) is 5.69 Å². The van der Waals surface area contributed by atoms with E-state index >= 15 is 0 Å². The van der Waals surface area contributed by atoms with Crippen LogP contribution in [0.5, 0.6) is 5.75 Å². The Morgan fingerprint density at radius 3 is 2.43 bits per heavy atom. The van der Waals surface area contributed by atoms with Crippen molar-refractivity contribution in [2.24, 2.45) is 0 Å². The average Bonchev–Trinajstić information content (AvgIpc) is 2.49. The molecule has 0 fully saturated rings. The van der Waals surface area contributed by atoms with Crippen molar-refractivity contribution < 1.29 is 9.53 Å². The molecule has 0 atom stereocenters. The lowest BCUT2D eigenvalue weighted by atomic mass is 10.1. The number of benzene rings is 2. The second-order valence-corrected chi connectivity index (χ2v) is 4.83. The SMILES string of the molecule is CCOc1ccc(CN(C)C(=O)c2ccccc2N)cc1. The summed E-state index contributed by atoms with van der Waals surface area (Å²) in [6, 6.07) is 14.9. The van der Waals surface area contributed by atoms with Gasteiger partial charge in [-0.25, -0.2) is 0 Å². The van der Waals surface area contributed by atoms with Gasteiger partial charge in [0.2, 0.25) is 0 Å². The van der Waals surface area contributed by atoms with E-state index in [2.05, 4.69) is 0 Å². The van der Waals surface area contributed by atoms with E-state index in [4.69, 9.17) is 10.5 Å². The molecule has 0 heterocycles. The van der Waals surface area contributed by atoms with Crippen LogP contribution in [-0.4, -0.2) is 24.5 Å². The van der Waals surface area contributed by atoms with E-state index in [0.717, 1.165) is 11.3 Å². The number of nitrogens with two attached hydrogens (primary N) is 1. The van der Waals surface area contributed by atoms with Gasteiger partial charge in [0, 0.05) is 19.3 Å². The number of hydrogen-bond donors (Lipinski definition) is 1. The van der Waals surface area contributed by atoms with E-state index in [-0.39, 0.29) is 5.91 Å². The topological polar surface area (TPSA) is 55.6 Å². The number of ether oxygens (including phenoxy) is 1. The van der Waals surface area contributed by atoms with E-state index < -0.39 is 0 Å². The standard InChI is InChI=1S/C17H20N2O2/c1-3-21-14-10-8-13(9-11-14)12-19(2)17(20)15-6-4-5-7-16(15)18/h4-11H,3,12,18H2,1-2H3. The van der Waals surface area contributed by atoms with Crippen molar-refractivity contribution in [3.63, 3.8) is 0 Å². The lowest BCUT2D eigenvalue weighted by Gasteiger charge is -2.18. The van der Waals surface area contributed by atoms with Gasteiger partial charge in [-0.15, -0.1) is 0 Å². The van der Waals surface area contributed by atoms with Crippen LogP contribution in [-0.2, 0) is 6.54 Å². The number of anilines is 1. The number of nitrogens with zero attached hydrogens (tertiary/aromatic N) is 1. The molecule has 2 N–H and O–H groups in total. The van der Waals surface area contributed by atoms with E-state index in [1.54, 1.807) is 24.1 Å². The van der Waals surface area contributed by atoms with Crippen LogP contribution in [0.2, 0.25) is 0 Å². The summed E-state index contributed by atoms with van der Waals surface area (Å²) >= 11 is 0. The third-order valence-corrected chi connectivity index (χ3v) is 3.19. The minimum atomic E-state index is -0.0815. The van der Waals surface area contributed by atoms with Crippen LogP contribution >= 0.6 is 0 Å². The van der Waals surface area contributed by atoms with E-state index in [9.17, 15) is 4.79 Å². The lowest BCUT2D eigenvalue weighted by molar-refractivity contribution is 0.0786. The Morgan fingerprint density at radius 2 is 1.81 bits per heavy atom. The molecule has 110 valence electrons. The van der Waals surface area contributed by atoms with Crippen molar-refractivity contribution >= 4 is 11.6 Å². The first-order valence-corrected chi connectivity index (χ1v) is 6.93. The molecular formula is C17H20N2O2. The molecule has 0 aliphatic rings. The van der Waals surface area contributed by atoms with Gasteiger partial charge in [0.25, 0.3) is 5.91 Å². The summed E-state index contributed by atoms with van der Waals surface area (Å²) < 4.78 is 5.40. The maximum atomic E-state index is 12.4. The zero-order valence-corrected chi connectivity index (χ0v) is 12.4. The summed E-state index contributed by atoms with van der Waals surface area (Å²) in [5.74, 6) is 0.754. The highest BCUT2D eigenvalue weighted by Crippen LogP contribution is 2.16. The van der Waals surface area contributed by atoms with Gasteiger partial charge in [0.1, 0.15) is 5.75 Å². The first-order chi connectivity index (χ1) is 10.1. The fourth-order valence-corrected chi connectivity index (χ4v) is 2.10. The van der Waals surface area contributed by atoms with Gasteiger partial charge in [0.05, 0.1) is 12.2 Å². The predicted octanol–water partition coefficient (Wildman–Crippen LogP) is 2.94. The molecule has 2 aromatic rings. The molecular weight excluding hydrogens is 264 g/mol. The van der Waals surface area contributed by atoms with Crippen molar-refractivity contribution in [2.75, 3.05) is 19.4 Å². The summed E-state index contributed by atoms with van der Waals surface area (Å²) in [7, 11) is 1.77. The summed E-state index contributed by atoms with van der Waals surface area (Å²) in [6.45, 7) is 3.12. The quantitative estimate of drug-likeness (QED) is 0.859. The summed E-state index contributed by atoms with van der Waals surface area (Å²) in [5, 5.41) is 0. The van der Waals surface area contributed by atoms with Crippen molar-refractivity contribution in [3.8, 4) is 5.75 Å². The highest BCUT2D eigenvalue weighted by atomic mass is 16.5. The maximum Gasteiger partial charge on any atom is 0.255 e. The van der Waals surface area contributed by atoms with Crippen molar-refractivity contribution in [3.05, 3.63) is 59.7 Å². The average molecular weight is 284 g/mol. The predicted molar refractivity (Wildman–Crippen MR) is 84.3 cm³/mol. The Kier molecular flexibility index (Phi) is 4.82. The lowest BCUT2D eigenvalue weighted by Crippen LogP contribution is -2.26. The summed E-state index contributed by atoms with van der Waals surface area (Å²) in [4.78, 5) is 14.0. The molecule has 0 saturated carbocycles. The normalized spacial score (nSPS) is 10.2. The Bertz CT molecular complexity index is 608. The van der Waals surface area contributed by atoms with E-state index in [1.165, 1.54) is 0 Å². The fraction of sp³-hybridized carbons (Fsp3) is 0.235. The fourth-order valence-electron chi connectivity index (χ4n) is 2.10. The van der Waals surface area contributed by atoms with Crippen LogP contribution < -0.4 is 10.5 Å². The monoisotopic (exact) mass is 284 g/mol. The van der Waals surface area contributed by atoms with Gasteiger partial charge in [-0.1, -0.05) is 24.3 Å². The first kappa shape index (κ1) is 14.9. The molecule has 0 aliphatic heterocycles. The zero-order chi connectivity index (χ0) is 15.2. The van der Waals surface area contributed by atoms with Crippen LogP contribution in [0, 0.1) is 0 Å². The van der Waals surface area contributed by atoms with Crippen LogP contribution in [0.3, 0.4) is 0 Å². The Hall–Kier alpha value is -2.49. The summed E-state index contributed by atoms with van der Waals surface area (Å²) in [6.07, 6.45) is 0. The molecule has 1 amide bonds. The van der Waals surface area contributed by atoms with Crippen molar-refractivity contribution in [1.82, 2.24) is 4.90 Å². The van der Waals surface area contributed by atoms with Gasteiger partial charge < -0.3 is 15.4 Å². The molecule has 0 saturated heterocycles. The van der Waals surface area contributed by atoms with Crippen molar-refractivity contribution in [2.45, 2.75) is 13.5 Å². The molecule has 0 unspecified atom stereocenters. The molecule has 4 nitrogen and oxygen atoms in total. The number of carbonyl (C=O) groups excluding carboxylic acids is 1. The highest BCUT2D eigenvalue weighted by molar-refractivity contribution is 5.98. The molecule has 2 aromatic carbocycles. The van der Waals surface area contributed by atoms with Gasteiger partial charge >= 0.3 is 0 Å². The summed E-state index contributed by atoms with van der Waals surface area (Å²) in [5.41, 5.74) is 7.92.